The van der Waals surface area contributed by atoms with E-state index in [0.29, 0.717) is 21.5 Å². The molecule has 1 aromatic rings. The van der Waals surface area contributed by atoms with Crippen LogP contribution in [0.2, 0.25) is 0 Å². The molecule has 0 bridgehead atoms. The number of hydrogen-bond acceptors (Lipinski definition) is 5. The van der Waals surface area contributed by atoms with Crippen molar-refractivity contribution in [2.24, 2.45) is 5.92 Å². The summed E-state index contributed by atoms with van der Waals surface area (Å²) in [6, 6.07) is 0. The Balaban J connectivity index is 2.75. The van der Waals surface area contributed by atoms with E-state index in [-0.39, 0.29) is 6.09 Å². The molecule has 1 amide bonds. The van der Waals surface area contributed by atoms with Crippen molar-refractivity contribution in [1.29, 1.82) is 0 Å². The summed E-state index contributed by atoms with van der Waals surface area (Å²) in [5.41, 5.74) is -0.524. The number of carbonyl (C=O) groups excluding carboxylic acids is 1. The lowest BCUT2D eigenvalue weighted by molar-refractivity contribution is 0.0579. The van der Waals surface area contributed by atoms with Crippen molar-refractivity contribution >= 4 is 34.8 Å². The Hall–Kier alpha value is -0.950. The summed E-state index contributed by atoms with van der Waals surface area (Å²) in [5.74, 6) is 0.655. The van der Waals surface area contributed by atoms with Gasteiger partial charge in [0.25, 0.3) is 0 Å². The van der Waals surface area contributed by atoms with Crippen molar-refractivity contribution in [1.82, 2.24) is 10.2 Å². The SMILES string of the molecule is CCC(C)CCCN(C(=O)OC(C)(C)C)c1n[nH]c(=S)s1. The van der Waals surface area contributed by atoms with Crippen LogP contribution >= 0.6 is 23.6 Å². The second kappa shape index (κ2) is 7.89. The Kier molecular flexibility index (Phi) is 6.80. The summed E-state index contributed by atoms with van der Waals surface area (Å²) in [6.07, 6.45) is 2.77. The molecule has 1 N–H and O–H groups in total. The quantitative estimate of drug-likeness (QED) is 0.763. The van der Waals surface area contributed by atoms with Gasteiger partial charge in [-0.3, -0.25) is 10.00 Å². The minimum atomic E-state index is -0.524. The lowest BCUT2D eigenvalue weighted by Gasteiger charge is -2.25. The third-order valence-corrected chi connectivity index (χ3v) is 4.16. The first-order chi connectivity index (χ1) is 9.73. The molecular weight excluding hydrogens is 306 g/mol. The van der Waals surface area contributed by atoms with Crippen LogP contribution in [0.3, 0.4) is 0 Å². The molecule has 0 aliphatic heterocycles. The lowest BCUT2D eigenvalue weighted by Crippen LogP contribution is -2.37. The van der Waals surface area contributed by atoms with Crippen LogP contribution in [0, 0.1) is 9.87 Å². The van der Waals surface area contributed by atoms with E-state index in [2.05, 4.69) is 24.0 Å². The van der Waals surface area contributed by atoms with Gasteiger partial charge < -0.3 is 4.74 Å². The number of amides is 1. The van der Waals surface area contributed by atoms with Crippen LogP contribution in [-0.2, 0) is 4.74 Å². The molecule has 0 aliphatic rings. The number of rotatable bonds is 6. The van der Waals surface area contributed by atoms with Gasteiger partial charge in [-0.1, -0.05) is 31.6 Å². The molecule has 0 fully saturated rings. The van der Waals surface area contributed by atoms with Gasteiger partial charge in [-0.2, -0.15) is 0 Å². The number of aromatic nitrogens is 2. The maximum atomic E-state index is 12.3. The Morgan fingerprint density at radius 1 is 1.52 bits per heavy atom. The molecule has 0 spiro atoms. The minimum Gasteiger partial charge on any atom is -0.443 e. The van der Waals surface area contributed by atoms with Crippen LogP contribution in [0.1, 0.15) is 53.9 Å². The summed E-state index contributed by atoms with van der Waals surface area (Å²) in [7, 11) is 0. The summed E-state index contributed by atoms with van der Waals surface area (Å²) in [6.45, 7) is 10.6. The predicted octanol–water partition coefficient (Wildman–Crippen LogP) is 4.77. The summed E-state index contributed by atoms with van der Waals surface area (Å²) in [5, 5.41) is 7.38. The molecule has 1 unspecified atom stereocenters. The van der Waals surface area contributed by atoms with Gasteiger partial charge in [-0.15, -0.1) is 5.10 Å². The first kappa shape index (κ1) is 18.1. The zero-order chi connectivity index (χ0) is 16.0. The Morgan fingerprint density at radius 3 is 2.67 bits per heavy atom. The minimum absolute atomic E-state index is 0.371. The predicted molar refractivity (Wildman–Crippen MR) is 89.6 cm³/mol. The van der Waals surface area contributed by atoms with Crippen LogP contribution in [0.5, 0.6) is 0 Å². The van der Waals surface area contributed by atoms with E-state index in [4.69, 9.17) is 17.0 Å². The summed E-state index contributed by atoms with van der Waals surface area (Å²) in [4.78, 5) is 13.9. The van der Waals surface area contributed by atoms with E-state index < -0.39 is 5.60 Å². The van der Waals surface area contributed by atoms with Crippen molar-refractivity contribution in [2.45, 2.75) is 59.5 Å². The lowest BCUT2D eigenvalue weighted by atomic mass is 10.0. The summed E-state index contributed by atoms with van der Waals surface area (Å²) >= 11 is 6.33. The second-order valence-corrected chi connectivity index (χ2v) is 7.83. The number of ether oxygens (including phenoxy) is 1. The molecular formula is C14H25N3O2S2. The molecule has 0 aliphatic carbocycles. The van der Waals surface area contributed by atoms with E-state index >= 15 is 0 Å². The Bertz CT molecular complexity index is 505. The van der Waals surface area contributed by atoms with Crippen molar-refractivity contribution < 1.29 is 9.53 Å². The molecule has 0 aromatic carbocycles. The van der Waals surface area contributed by atoms with Crippen molar-refractivity contribution in [3.63, 3.8) is 0 Å². The molecule has 1 atom stereocenters. The Morgan fingerprint density at radius 2 is 2.19 bits per heavy atom. The smallest absolute Gasteiger partial charge is 0.416 e. The fraction of sp³-hybridized carbons (Fsp3) is 0.786. The number of hydrogen-bond donors (Lipinski definition) is 1. The highest BCUT2D eigenvalue weighted by molar-refractivity contribution is 7.73. The molecule has 1 aromatic heterocycles. The van der Waals surface area contributed by atoms with Gasteiger partial charge in [-0.05, 0) is 51.7 Å². The van der Waals surface area contributed by atoms with Gasteiger partial charge in [0.05, 0.1) is 0 Å². The third-order valence-electron chi connectivity index (χ3n) is 3.05. The largest absolute Gasteiger partial charge is 0.443 e. The molecule has 120 valence electrons. The van der Waals surface area contributed by atoms with E-state index in [0.717, 1.165) is 19.3 Å². The van der Waals surface area contributed by atoms with E-state index in [9.17, 15) is 4.79 Å². The van der Waals surface area contributed by atoms with E-state index in [1.165, 1.54) is 11.3 Å². The topological polar surface area (TPSA) is 58.2 Å². The molecule has 0 radical (unpaired) electrons. The standard InChI is InChI=1S/C14H25N3O2S2/c1-6-10(2)8-7-9-17(11-15-16-12(20)21-11)13(18)19-14(3,4)5/h10H,6-9H2,1-5H3,(H,16,20). The van der Waals surface area contributed by atoms with Crippen molar-refractivity contribution in [3.05, 3.63) is 3.95 Å². The first-order valence-electron chi connectivity index (χ1n) is 7.29. The maximum Gasteiger partial charge on any atom is 0.416 e. The zero-order valence-electron chi connectivity index (χ0n) is 13.4. The third kappa shape index (κ3) is 6.56. The van der Waals surface area contributed by atoms with Crippen LogP contribution in [-0.4, -0.2) is 28.4 Å². The van der Waals surface area contributed by atoms with Crippen LogP contribution in [0.25, 0.3) is 0 Å². The summed E-state index contributed by atoms with van der Waals surface area (Å²) < 4.78 is 6.01. The van der Waals surface area contributed by atoms with Crippen LogP contribution in [0.4, 0.5) is 9.93 Å². The fourth-order valence-corrected chi connectivity index (χ4v) is 2.62. The number of nitrogens with zero attached hydrogens (tertiary/aromatic N) is 2. The number of nitrogens with one attached hydrogen (secondary N) is 1. The number of H-pyrrole nitrogens is 1. The van der Waals surface area contributed by atoms with Gasteiger partial charge in [0.2, 0.25) is 5.13 Å². The average molecular weight is 332 g/mol. The normalized spacial score (nSPS) is 13.0. The monoisotopic (exact) mass is 331 g/mol. The number of carbonyl (C=O) groups is 1. The molecule has 0 saturated heterocycles. The highest BCUT2D eigenvalue weighted by Crippen LogP contribution is 2.22. The van der Waals surface area contributed by atoms with Crippen molar-refractivity contribution in [2.75, 3.05) is 11.4 Å². The zero-order valence-corrected chi connectivity index (χ0v) is 15.1. The van der Waals surface area contributed by atoms with Crippen molar-refractivity contribution in [3.8, 4) is 0 Å². The number of aromatic amines is 1. The van der Waals surface area contributed by atoms with Gasteiger partial charge in [0, 0.05) is 6.54 Å². The van der Waals surface area contributed by atoms with Gasteiger partial charge in [-0.25, -0.2) is 4.79 Å². The molecule has 5 nitrogen and oxygen atoms in total. The van der Waals surface area contributed by atoms with Gasteiger partial charge >= 0.3 is 6.09 Å². The average Bonchev–Trinajstić information content (AvgIpc) is 2.78. The molecule has 1 rings (SSSR count). The van der Waals surface area contributed by atoms with E-state index in [1.54, 1.807) is 4.90 Å². The molecule has 21 heavy (non-hydrogen) atoms. The first-order valence-corrected chi connectivity index (χ1v) is 8.51. The fourth-order valence-electron chi connectivity index (χ4n) is 1.72. The molecule has 1 heterocycles. The molecule has 0 saturated carbocycles. The highest BCUT2D eigenvalue weighted by Gasteiger charge is 2.25. The molecule has 7 heteroatoms. The van der Waals surface area contributed by atoms with Gasteiger partial charge in [0.15, 0.2) is 3.95 Å². The number of anilines is 1. The maximum absolute atomic E-state index is 12.3. The van der Waals surface area contributed by atoms with E-state index in [1.807, 2.05) is 20.8 Å². The van der Waals surface area contributed by atoms with Crippen LogP contribution in [0.15, 0.2) is 0 Å². The van der Waals surface area contributed by atoms with Gasteiger partial charge in [0.1, 0.15) is 5.60 Å². The highest BCUT2D eigenvalue weighted by atomic mass is 32.1. The second-order valence-electron chi connectivity index (χ2n) is 6.18. The van der Waals surface area contributed by atoms with Crippen LogP contribution < -0.4 is 4.90 Å². The Labute approximate surface area is 135 Å².